The second-order valence-corrected chi connectivity index (χ2v) is 8.53. The van der Waals surface area contributed by atoms with Gasteiger partial charge in [0.2, 0.25) is 0 Å². The van der Waals surface area contributed by atoms with Gasteiger partial charge in [-0.2, -0.15) is 5.10 Å². The molecule has 0 unspecified atom stereocenters. The molecule has 178 valence electrons. The number of nitrogens with one attached hydrogen (secondary N) is 3. The van der Waals surface area contributed by atoms with E-state index in [-0.39, 0.29) is 5.88 Å². The monoisotopic (exact) mass is 470 g/mol. The van der Waals surface area contributed by atoms with Crippen molar-refractivity contribution in [2.45, 2.75) is 6.54 Å². The molecule has 0 aliphatic carbocycles. The average molecular weight is 471 g/mol. The van der Waals surface area contributed by atoms with Gasteiger partial charge in [-0.05, 0) is 42.9 Å². The van der Waals surface area contributed by atoms with E-state index in [1.54, 1.807) is 16.9 Å². The summed E-state index contributed by atoms with van der Waals surface area (Å²) < 4.78 is 7.29. The molecule has 10 heteroatoms. The van der Waals surface area contributed by atoms with Crippen molar-refractivity contribution >= 4 is 33.6 Å². The fourth-order valence-electron chi connectivity index (χ4n) is 4.63. The molecule has 1 fully saturated rings. The van der Waals surface area contributed by atoms with Crippen LogP contribution in [0.15, 0.2) is 55.1 Å². The van der Waals surface area contributed by atoms with Gasteiger partial charge in [0.15, 0.2) is 17.3 Å². The van der Waals surface area contributed by atoms with Crippen molar-refractivity contribution in [3.63, 3.8) is 0 Å². The summed E-state index contributed by atoms with van der Waals surface area (Å²) in [7, 11) is 1.95. The lowest BCUT2D eigenvalue weighted by Gasteiger charge is -2.31. The number of rotatable bonds is 6. The van der Waals surface area contributed by atoms with Crippen molar-refractivity contribution in [3.05, 3.63) is 60.7 Å². The number of ether oxygens (including phenoxy) is 1. The number of aromatic nitrogens is 5. The number of nitrogens with zero attached hydrogens (tertiary/aromatic N) is 5. The van der Waals surface area contributed by atoms with Gasteiger partial charge in [-0.3, -0.25) is 0 Å². The summed E-state index contributed by atoms with van der Waals surface area (Å²) in [5, 5.41) is 22.7. The summed E-state index contributed by atoms with van der Waals surface area (Å²) in [6, 6.07) is 12.2. The Kier molecular flexibility index (Phi) is 5.44. The van der Waals surface area contributed by atoms with Crippen LogP contribution < -0.4 is 15.5 Å². The van der Waals surface area contributed by atoms with E-state index in [9.17, 15) is 5.11 Å². The molecule has 0 saturated carbocycles. The number of aromatic hydroxyl groups is 1. The zero-order chi connectivity index (χ0) is 23.8. The normalized spacial score (nSPS) is 14.1. The Hall–Kier alpha value is -4.15. The largest absolute Gasteiger partial charge is 0.494 e. The number of benzene rings is 2. The van der Waals surface area contributed by atoms with Crippen LogP contribution in [0.25, 0.3) is 27.7 Å². The van der Waals surface area contributed by atoms with E-state index in [0.717, 1.165) is 60.6 Å². The summed E-state index contributed by atoms with van der Waals surface area (Å²) in [5.74, 6) is 0.786. The molecule has 0 amide bonds. The van der Waals surface area contributed by atoms with Crippen LogP contribution in [0, 0.1) is 0 Å². The van der Waals surface area contributed by atoms with E-state index in [1.165, 1.54) is 17.6 Å². The SMILES string of the molecule is CNCc1cc(Nc2ncc(-c3ccc4c(O)[nH]cc4c3)n3ncnc23)ccc1N1CCOCC1. The van der Waals surface area contributed by atoms with E-state index in [0.29, 0.717) is 11.5 Å². The molecular formula is C25H26N8O2. The van der Waals surface area contributed by atoms with Gasteiger partial charge in [0.25, 0.3) is 0 Å². The highest BCUT2D eigenvalue weighted by Gasteiger charge is 2.17. The number of hydrogen-bond acceptors (Lipinski definition) is 8. The molecule has 0 bridgehead atoms. The first kappa shape index (κ1) is 21.4. The molecule has 1 aliphatic heterocycles. The van der Waals surface area contributed by atoms with Crippen LogP contribution in [0.2, 0.25) is 0 Å². The van der Waals surface area contributed by atoms with Gasteiger partial charge in [0.1, 0.15) is 6.33 Å². The molecule has 1 saturated heterocycles. The molecule has 35 heavy (non-hydrogen) atoms. The average Bonchev–Trinajstić information content (AvgIpc) is 3.53. The maximum Gasteiger partial charge on any atom is 0.199 e. The Morgan fingerprint density at radius 1 is 1.11 bits per heavy atom. The Morgan fingerprint density at radius 3 is 2.86 bits per heavy atom. The van der Waals surface area contributed by atoms with Gasteiger partial charge in [0, 0.05) is 53.5 Å². The molecule has 5 aromatic rings. The van der Waals surface area contributed by atoms with Gasteiger partial charge in [-0.15, -0.1) is 0 Å². The minimum Gasteiger partial charge on any atom is -0.494 e. The Labute approximate surface area is 201 Å². The van der Waals surface area contributed by atoms with E-state index in [4.69, 9.17) is 4.74 Å². The summed E-state index contributed by atoms with van der Waals surface area (Å²) in [6.45, 7) is 4.03. The van der Waals surface area contributed by atoms with Crippen LogP contribution in [-0.4, -0.2) is 63.0 Å². The third-order valence-corrected chi connectivity index (χ3v) is 6.33. The van der Waals surface area contributed by atoms with Crippen LogP contribution in [0.5, 0.6) is 5.88 Å². The van der Waals surface area contributed by atoms with Crippen molar-refractivity contribution in [2.24, 2.45) is 0 Å². The third kappa shape index (κ3) is 3.92. The lowest BCUT2D eigenvalue weighted by Crippen LogP contribution is -2.37. The molecule has 2 aromatic carbocycles. The third-order valence-electron chi connectivity index (χ3n) is 6.33. The zero-order valence-electron chi connectivity index (χ0n) is 19.3. The van der Waals surface area contributed by atoms with Crippen LogP contribution >= 0.6 is 0 Å². The first-order chi connectivity index (χ1) is 17.2. The second-order valence-electron chi connectivity index (χ2n) is 8.53. The van der Waals surface area contributed by atoms with Crippen molar-refractivity contribution in [3.8, 4) is 17.1 Å². The van der Waals surface area contributed by atoms with Gasteiger partial charge in [-0.1, -0.05) is 6.07 Å². The van der Waals surface area contributed by atoms with Crippen LogP contribution in [-0.2, 0) is 11.3 Å². The minimum atomic E-state index is 0.160. The lowest BCUT2D eigenvalue weighted by molar-refractivity contribution is 0.122. The maximum absolute atomic E-state index is 9.92. The van der Waals surface area contributed by atoms with E-state index in [2.05, 4.69) is 53.8 Å². The summed E-state index contributed by atoms with van der Waals surface area (Å²) >= 11 is 0. The van der Waals surface area contributed by atoms with Crippen LogP contribution in [0.3, 0.4) is 0 Å². The highest BCUT2D eigenvalue weighted by molar-refractivity contribution is 5.91. The predicted molar refractivity (Wildman–Crippen MR) is 135 cm³/mol. The minimum absolute atomic E-state index is 0.160. The number of aromatic amines is 1. The fourth-order valence-corrected chi connectivity index (χ4v) is 4.63. The Bertz CT molecular complexity index is 1500. The van der Waals surface area contributed by atoms with Crippen molar-refractivity contribution in [1.82, 2.24) is 29.9 Å². The quantitative estimate of drug-likeness (QED) is 0.299. The summed E-state index contributed by atoms with van der Waals surface area (Å²) in [6.07, 6.45) is 5.09. The van der Waals surface area contributed by atoms with E-state index >= 15 is 0 Å². The topological polar surface area (TPSA) is 116 Å². The molecule has 0 spiro atoms. The molecule has 4 N–H and O–H groups in total. The van der Waals surface area contributed by atoms with Crippen molar-refractivity contribution in [1.29, 1.82) is 0 Å². The summed E-state index contributed by atoms with van der Waals surface area (Å²) in [4.78, 5) is 14.4. The van der Waals surface area contributed by atoms with Gasteiger partial charge < -0.3 is 30.4 Å². The standard InChI is InChI=1S/C25H26N8O2/c1-26-12-18-11-19(3-5-21(18)32-6-8-35-9-7-32)31-23-24-29-15-30-33(24)22(14-27-23)16-2-4-20-17(10-16)13-28-25(20)34/h2-5,10-11,13-15,26,28,34H,6-9,12H2,1H3,(H,27,31). The van der Waals surface area contributed by atoms with Gasteiger partial charge in [-0.25, -0.2) is 14.5 Å². The first-order valence-corrected chi connectivity index (χ1v) is 11.6. The van der Waals surface area contributed by atoms with Gasteiger partial charge in [0.05, 0.1) is 25.1 Å². The van der Waals surface area contributed by atoms with Crippen molar-refractivity contribution < 1.29 is 9.84 Å². The summed E-state index contributed by atoms with van der Waals surface area (Å²) in [5.41, 5.74) is 5.72. The number of H-pyrrole nitrogens is 1. The van der Waals surface area contributed by atoms with E-state index in [1.807, 2.05) is 25.2 Å². The highest BCUT2D eigenvalue weighted by Crippen LogP contribution is 2.31. The molecule has 4 heterocycles. The maximum atomic E-state index is 9.92. The molecule has 3 aromatic heterocycles. The number of morpholine rings is 1. The number of fused-ring (bicyclic) bond motifs is 2. The number of anilines is 3. The van der Waals surface area contributed by atoms with Crippen LogP contribution in [0.4, 0.5) is 17.2 Å². The molecule has 0 radical (unpaired) electrons. The molecule has 0 atom stereocenters. The number of hydrogen-bond donors (Lipinski definition) is 4. The second kappa shape index (κ2) is 8.90. The predicted octanol–water partition coefficient (Wildman–Crippen LogP) is 3.28. The van der Waals surface area contributed by atoms with E-state index < -0.39 is 0 Å². The molecule has 6 rings (SSSR count). The Balaban J connectivity index is 1.33. The molecular weight excluding hydrogens is 444 g/mol. The smallest absolute Gasteiger partial charge is 0.199 e. The zero-order valence-corrected chi connectivity index (χ0v) is 19.3. The fraction of sp³-hybridized carbons (Fsp3) is 0.240. The Morgan fingerprint density at radius 2 is 2.00 bits per heavy atom. The first-order valence-electron chi connectivity index (χ1n) is 11.6. The van der Waals surface area contributed by atoms with Crippen molar-refractivity contribution in [2.75, 3.05) is 43.6 Å². The molecule has 1 aliphatic rings. The van der Waals surface area contributed by atoms with Gasteiger partial charge >= 0.3 is 0 Å². The lowest BCUT2D eigenvalue weighted by atomic mass is 10.1. The van der Waals surface area contributed by atoms with Crippen LogP contribution in [0.1, 0.15) is 5.56 Å². The molecule has 10 nitrogen and oxygen atoms in total. The highest BCUT2D eigenvalue weighted by atomic mass is 16.5.